The molecule has 28 heavy (non-hydrogen) atoms. The Morgan fingerprint density at radius 1 is 0.929 bits per heavy atom. The molecule has 1 amide bonds. The third-order valence-corrected chi connectivity index (χ3v) is 8.39. The second kappa shape index (κ2) is 6.48. The Morgan fingerprint density at radius 2 is 1.57 bits per heavy atom. The number of sulfone groups is 1. The van der Waals surface area contributed by atoms with Crippen LogP contribution in [0.5, 0.6) is 0 Å². The number of nitrogens with one attached hydrogen (secondary N) is 1. The average Bonchev–Trinajstić information content (AvgIpc) is 3.26. The van der Waals surface area contributed by atoms with E-state index in [2.05, 4.69) is 4.98 Å². The number of hydrogen-bond acceptors (Lipinski definition) is 3. The first-order valence-corrected chi connectivity index (χ1v) is 11.3. The van der Waals surface area contributed by atoms with Crippen LogP contribution in [0.2, 0.25) is 0 Å². The van der Waals surface area contributed by atoms with Gasteiger partial charge in [-0.1, -0.05) is 36.4 Å². The number of amides is 1. The number of H-pyrrole nitrogens is 1. The van der Waals surface area contributed by atoms with Crippen molar-refractivity contribution in [2.45, 2.75) is 47.9 Å². The Bertz CT molecular complexity index is 1090. The summed E-state index contributed by atoms with van der Waals surface area (Å²) in [5, 5.41) is 0.596. The lowest BCUT2D eigenvalue weighted by molar-refractivity contribution is 0.0593. The van der Waals surface area contributed by atoms with Crippen LogP contribution in [0, 0.1) is 0 Å². The van der Waals surface area contributed by atoms with E-state index in [4.69, 9.17) is 0 Å². The molecule has 5 rings (SSSR count). The molecule has 1 N–H and O–H groups in total. The third kappa shape index (κ3) is 2.75. The van der Waals surface area contributed by atoms with Crippen LogP contribution < -0.4 is 0 Å². The van der Waals surface area contributed by atoms with Gasteiger partial charge in [-0.25, -0.2) is 8.42 Å². The highest BCUT2D eigenvalue weighted by Gasteiger charge is 2.47. The molecule has 2 aliphatic rings. The van der Waals surface area contributed by atoms with E-state index in [1.54, 1.807) is 24.3 Å². The Hall–Kier alpha value is -2.60. The average molecular weight is 394 g/mol. The van der Waals surface area contributed by atoms with Crippen LogP contribution in [0.3, 0.4) is 0 Å². The number of carbonyl (C=O) groups is 1. The first kappa shape index (κ1) is 17.5. The Kier molecular flexibility index (Phi) is 4.05. The van der Waals surface area contributed by atoms with Crippen molar-refractivity contribution in [3.63, 3.8) is 0 Å². The molecule has 3 heterocycles. The fourth-order valence-electron chi connectivity index (χ4n) is 4.84. The molecule has 0 saturated carbocycles. The zero-order chi connectivity index (χ0) is 19.3. The number of para-hydroxylation sites is 1. The molecule has 2 saturated heterocycles. The molecule has 144 valence electrons. The lowest BCUT2D eigenvalue weighted by Gasteiger charge is -2.38. The van der Waals surface area contributed by atoms with E-state index in [1.807, 2.05) is 41.3 Å². The second-order valence-corrected chi connectivity index (χ2v) is 10.0. The molecular weight excluding hydrogens is 372 g/mol. The molecule has 6 heteroatoms. The van der Waals surface area contributed by atoms with Crippen molar-refractivity contribution in [3.8, 4) is 0 Å². The Balaban J connectivity index is 1.41. The quantitative estimate of drug-likeness (QED) is 0.735. The maximum Gasteiger partial charge on any atom is 0.270 e. The molecule has 2 aromatic carbocycles. The summed E-state index contributed by atoms with van der Waals surface area (Å²) in [6.45, 7) is 0. The van der Waals surface area contributed by atoms with E-state index < -0.39 is 15.1 Å². The Morgan fingerprint density at radius 3 is 2.25 bits per heavy atom. The van der Waals surface area contributed by atoms with Crippen LogP contribution in [0.1, 0.15) is 36.2 Å². The van der Waals surface area contributed by atoms with Crippen molar-refractivity contribution < 1.29 is 13.2 Å². The minimum atomic E-state index is -3.37. The van der Waals surface area contributed by atoms with Gasteiger partial charge in [-0.05, 0) is 49.9 Å². The summed E-state index contributed by atoms with van der Waals surface area (Å²) in [7, 11) is -3.37. The lowest BCUT2D eigenvalue weighted by Crippen LogP contribution is -2.49. The van der Waals surface area contributed by atoms with Gasteiger partial charge in [0.2, 0.25) is 0 Å². The summed E-state index contributed by atoms with van der Waals surface area (Å²) in [6.07, 6.45) is 2.77. The standard InChI is InChI=1S/C22H22N2O3S/c25-22(21-12-15-6-4-5-9-20(15)23-21)24-16-10-11-17(24)14-19(13-16)28(26,27)18-7-2-1-3-8-18/h1-9,12,16-17,19,23H,10-11,13-14H2. The minimum Gasteiger partial charge on any atom is -0.351 e. The zero-order valence-corrected chi connectivity index (χ0v) is 16.2. The first-order chi connectivity index (χ1) is 13.5. The highest BCUT2D eigenvalue weighted by Crippen LogP contribution is 2.40. The predicted molar refractivity (Wildman–Crippen MR) is 108 cm³/mol. The molecule has 2 aliphatic heterocycles. The zero-order valence-electron chi connectivity index (χ0n) is 15.4. The van der Waals surface area contributed by atoms with Crippen molar-refractivity contribution >= 4 is 26.6 Å². The van der Waals surface area contributed by atoms with E-state index in [0.717, 1.165) is 23.7 Å². The van der Waals surface area contributed by atoms with Gasteiger partial charge in [-0.2, -0.15) is 0 Å². The summed E-state index contributed by atoms with van der Waals surface area (Å²) in [5.41, 5.74) is 1.53. The number of benzene rings is 2. The summed E-state index contributed by atoms with van der Waals surface area (Å²) >= 11 is 0. The molecule has 5 nitrogen and oxygen atoms in total. The first-order valence-electron chi connectivity index (χ1n) is 9.73. The SMILES string of the molecule is O=C(c1cc2ccccc2[nH]1)N1C2CCC1CC(S(=O)(=O)c1ccccc1)C2. The van der Waals surface area contributed by atoms with E-state index >= 15 is 0 Å². The highest BCUT2D eigenvalue weighted by atomic mass is 32.2. The van der Waals surface area contributed by atoms with Crippen LogP contribution in [0.25, 0.3) is 10.9 Å². The van der Waals surface area contributed by atoms with Crippen molar-refractivity contribution in [1.29, 1.82) is 0 Å². The van der Waals surface area contributed by atoms with E-state index in [-0.39, 0.29) is 18.0 Å². The van der Waals surface area contributed by atoms with Crippen LogP contribution in [0.4, 0.5) is 0 Å². The Labute approximate surface area is 164 Å². The fraction of sp³-hybridized carbons (Fsp3) is 0.318. The van der Waals surface area contributed by atoms with Gasteiger partial charge in [0.25, 0.3) is 5.91 Å². The molecule has 0 spiro atoms. The number of aromatic nitrogens is 1. The number of rotatable bonds is 3. The van der Waals surface area contributed by atoms with Crippen LogP contribution in [0.15, 0.2) is 65.6 Å². The van der Waals surface area contributed by atoms with E-state index in [0.29, 0.717) is 23.4 Å². The van der Waals surface area contributed by atoms with Gasteiger partial charge in [0.15, 0.2) is 9.84 Å². The molecule has 2 unspecified atom stereocenters. The van der Waals surface area contributed by atoms with E-state index in [1.165, 1.54) is 0 Å². The third-order valence-electron chi connectivity index (χ3n) is 6.20. The molecule has 3 aromatic rings. The monoisotopic (exact) mass is 394 g/mol. The van der Waals surface area contributed by atoms with Crippen LogP contribution in [-0.4, -0.2) is 41.5 Å². The van der Waals surface area contributed by atoms with Crippen molar-refractivity contribution in [1.82, 2.24) is 9.88 Å². The summed E-state index contributed by atoms with van der Waals surface area (Å²) < 4.78 is 26.1. The number of carbonyl (C=O) groups excluding carboxylic acids is 1. The molecule has 0 aliphatic carbocycles. The lowest BCUT2D eigenvalue weighted by atomic mass is 10.0. The normalized spacial score (nSPS) is 24.6. The summed E-state index contributed by atoms with van der Waals surface area (Å²) in [5.74, 6) is -0.0146. The van der Waals surface area contributed by atoms with Gasteiger partial charge in [0.05, 0.1) is 10.1 Å². The van der Waals surface area contributed by atoms with Crippen molar-refractivity contribution in [3.05, 3.63) is 66.4 Å². The summed E-state index contributed by atoms with van der Waals surface area (Å²) in [6, 6.07) is 18.4. The molecule has 2 atom stereocenters. The van der Waals surface area contributed by atoms with Crippen molar-refractivity contribution in [2.75, 3.05) is 0 Å². The number of nitrogens with zero attached hydrogens (tertiary/aromatic N) is 1. The predicted octanol–water partition coefficient (Wildman–Crippen LogP) is 3.78. The molecular formula is C22H22N2O3S. The van der Waals surface area contributed by atoms with Gasteiger partial charge in [0, 0.05) is 23.0 Å². The molecule has 0 radical (unpaired) electrons. The maximum absolute atomic E-state index is 13.2. The van der Waals surface area contributed by atoms with Gasteiger partial charge < -0.3 is 9.88 Å². The highest BCUT2D eigenvalue weighted by molar-refractivity contribution is 7.92. The fourth-order valence-corrected chi connectivity index (χ4v) is 6.71. The van der Waals surface area contributed by atoms with E-state index in [9.17, 15) is 13.2 Å². The largest absolute Gasteiger partial charge is 0.351 e. The molecule has 2 fully saturated rings. The number of piperidine rings is 1. The maximum atomic E-state index is 13.2. The smallest absolute Gasteiger partial charge is 0.270 e. The van der Waals surface area contributed by atoms with Gasteiger partial charge in [0.1, 0.15) is 5.69 Å². The van der Waals surface area contributed by atoms with Crippen LogP contribution >= 0.6 is 0 Å². The number of aromatic amines is 1. The van der Waals surface area contributed by atoms with Gasteiger partial charge in [-0.3, -0.25) is 4.79 Å². The molecule has 2 bridgehead atoms. The second-order valence-electron chi connectivity index (χ2n) is 7.82. The minimum absolute atomic E-state index is 0.0128. The van der Waals surface area contributed by atoms with Crippen molar-refractivity contribution in [2.24, 2.45) is 0 Å². The number of fused-ring (bicyclic) bond motifs is 3. The topological polar surface area (TPSA) is 70.2 Å². The number of hydrogen-bond donors (Lipinski definition) is 1. The van der Waals surface area contributed by atoms with Gasteiger partial charge >= 0.3 is 0 Å². The summed E-state index contributed by atoms with van der Waals surface area (Å²) in [4.78, 5) is 18.7. The van der Waals surface area contributed by atoms with Crippen LogP contribution in [-0.2, 0) is 9.84 Å². The van der Waals surface area contributed by atoms with Gasteiger partial charge in [-0.15, -0.1) is 0 Å². The molecule has 1 aromatic heterocycles.